The van der Waals surface area contributed by atoms with Gasteiger partial charge in [0.1, 0.15) is 10.7 Å². The Morgan fingerprint density at radius 2 is 2.32 bits per heavy atom. The van der Waals surface area contributed by atoms with Crippen molar-refractivity contribution < 1.29 is 4.79 Å². The lowest BCUT2D eigenvalue weighted by Gasteiger charge is -2.34. The van der Waals surface area contributed by atoms with E-state index in [-0.39, 0.29) is 12.1 Å². The number of pyridine rings is 1. The smallest absolute Gasteiger partial charge is 0.318 e. The Labute approximate surface area is 150 Å². The van der Waals surface area contributed by atoms with E-state index in [1.54, 1.807) is 11.3 Å². The van der Waals surface area contributed by atoms with Crippen LogP contribution in [0.15, 0.2) is 42.2 Å². The van der Waals surface area contributed by atoms with Crippen LogP contribution in [0.4, 0.5) is 4.79 Å². The molecule has 0 unspecified atom stereocenters. The van der Waals surface area contributed by atoms with Crippen molar-refractivity contribution in [3.05, 3.63) is 52.9 Å². The molecule has 0 spiro atoms. The van der Waals surface area contributed by atoms with E-state index in [0.717, 1.165) is 48.6 Å². The zero-order chi connectivity index (χ0) is 17.1. The Bertz CT molecular complexity index is 811. The first kappa shape index (κ1) is 16.1. The van der Waals surface area contributed by atoms with Crippen LogP contribution in [0, 0.1) is 0 Å². The van der Waals surface area contributed by atoms with Gasteiger partial charge in [-0.1, -0.05) is 6.07 Å². The van der Waals surface area contributed by atoms with Gasteiger partial charge in [0.05, 0.1) is 11.7 Å². The van der Waals surface area contributed by atoms with Gasteiger partial charge in [-0.15, -0.1) is 11.3 Å². The highest BCUT2D eigenvalue weighted by molar-refractivity contribution is 7.09. The first-order chi connectivity index (χ1) is 12.3. The summed E-state index contributed by atoms with van der Waals surface area (Å²) < 4.78 is 2.00. The molecule has 3 aromatic rings. The second kappa shape index (κ2) is 7.23. The van der Waals surface area contributed by atoms with Gasteiger partial charge in [0.25, 0.3) is 0 Å². The van der Waals surface area contributed by atoms with Gasteiger partial charge in [-0.3, -0.25) is 0 Å². The van der Waals surface area contributed by atoms with E-state index >= 15 is 0 Å². The van der Waals surface area contributed by atoms with Crippen LogP contribution in [0.5, 0.6) is 0 Å². The van der Waals surface area contributed by atoms with Crippen molar-refractivity contribution in [2.24, 2.45) is 0 Å². The largest absolute Gasteiger partial charge is 0.338 e. The molecule has 2 amide bonds. The lowest BCUT2D eigenvalue weighted by Crippen LogP contribution is -2.45. The summed E-state index contributed by atoms with van der Waals surface area (Å²) in [4.78, 5) is 23.5. The molecule has 0 aliphatic carbocycles. The van der Waals surface area contributed by atoms with Gasteiger partial charge in [-0.2, -0.15) is 0 Å². The third-order valence-electron chi connectivity index (χ3n) is 4.57. The average molecular weight is 355 g/mol. The molecule has 1 atom stereocenters. The molecule has 4 rings (SSSR count). The van der Waals surface area contributed by atoms with Crippen molar-refractivity contribution in [2.75, 3.05) is 13.1 Å². The summed E-state index contributed by atoms with van der Waals surface area (Å²) in [6.45, 7) is 1.38. The molecule has 7 heteroatoms. The van der Waals surface area contributed by atoms with Crippen LogP contribution in [-0.2, 0) is 6.42 Å². The molecule has 6 nitrogen and oxygen atoms in total. The lowest BCUT2D eigenvalue weighted by atomic mass is 10.0. The Morgan fingerprint density at radius 1 is 1.36 bits per heavy atom. The molecular weight excluding hydrogens is 334 g/mol. The van der Waals surface area contributed by atoms with Gasteiger partial charge < -0.3 is 14.6 Å². The van der Waals surface area contributed by atoms with Crippen LogP contribution in [0.1, 0.15) is 36.0 Å². The number of rotatable bonds is 4. The maximum Gasteiger partial charge on any atom is 0.318 e. The van der Waals surface area contributed by atoms with Gasteiger partial charge in [-0.05, 0) is 31.4 Å². The number of hydrogen-bond donors (Lipinski definition) is 1. The second-order valence-electron chi connectivity index (χ2n) is 6.26. The summed E-state index contributed by atoms with van der Waals surface area (Å²) in [7, 11) is 0. The zero-order valence-corrected chi connectivity index (χ0v) is 14.8. The number of hydrogen-bond acceptors (Lipinski definition) is 4. The van der Waals surface area contributed by atoms with Crippen molar-refractivity contribution in [2.45, 2.75) is 31.7 Å². The third-order valence-corrected chi connectivity index (χ3v) is 5.45. The normalized spacial score (nSPS) is 17.8. The van der Waals surface area contributed by atoms with Crippen LogP contribution in [0.3, 0.4) is 0 Å². The van der Waals surface area contributed by atoms with Crippen LogP contribution < -0.4 is 5.32 Å². The van der Waals surface area contributed by atoms with E-state index in [0.29, 0.717) is 6.54 Å². The minimum Gasteiger partial charge on any atom is -0.338 e. The highest BCUT2D eigenvalue weighted by atomic mass is 32.1. The predicted octanol–water partition coefficient (Wildman–Crippen LogP) is 3.27. The molecule has 0 aromatic carbocycles. The molecule has 1 saturated heterocycles. The fraction of sp³-hybridized carbons (Fsp3) is 0.389. The number of imidazole rings is 1. The second-order valence-corrected chi connectivity index (χ2v) is 7.18. The lowest BCUT2D eigenvalue weighted by molar-refractivity contribution is 0.151. The Hall–Kier alpha value is -2.41. The predicted molar refractivity (Wildman–Crippen MR) is 97.7 cm³/mol. The topological polar surface area (TPSA) is 62.5 Å². The summed E-state index contributed by atoms with van der Waals surface area (Å²) in [5.41, 5.74) is 1.92. The summed E-state index contributed by atoms with van der Waals surface area (Å²) in [6.07, 6.45) is 9.74. The molecule has 0 saturated carbocycles. The van der Waals surface area contributed by atoms with Crippen molar-refractivity contribution in [3.8, 4) is 0 Å². The van der Waals surface area contributed by atoms with Crippen molar-refractivity contribution in [1.82, 2.24) is 24.6 Å². The summed E-state index contributed by atoms with van der Waals surface area (Å²) in [6, 6.07) is 6.06. The molecule has 1 aliphatic rings. The number of piperidine rings is 1. The minimum absolute atomic E-state index is 0.00339. The fourth-order valence-electron chi connectivity index (χ4n) is 3.34. The monoisotopic (exact) mass is 355 g/mol. The van der Waals surface area contributed by atoms with E-state index in [9.17, 15) is 4.79 Å². The number of aromatic nitrogens is 3. The molecule has 1 N–H and O–H groups in total. The van der Waals surface area contributed by atoms with E-state index < -0.39 is 0 Å². The van der Waals surface area contributed by atoms with Gasteiger partial charge in [-0.25, -0.2) is 14.8 Å². The molecule has 1 aliphatic heterocycles. The Balaban J connectivity index is 1.36. The van der Waals surface area contributed by atoms with Crippen LogP contribution >= 0.6 is 11.3 Å². The number of urea groups is 1. The number of fused-ring (bicyclic) bond motifs is 1. The first-order valence-electron chi connectivity index (χ1n) is 8.68. The minimum atomic E-state index is 0.00339. The summed E-state index contributed by atoms with van der Waals surface area (Å²) in [5.74, 6) is 0. The molecule has 25 heavy (non-hydrogen) atoms. The van der Waals surface area contributed by atoms with Crippen molar-refractivity contribution >= 4 is 23.0 Å². The van der Waals surface area contributed by atoms with Gasteiger partial charge >= 0.3 is 6.03 Å². The number of carbonyl (C=O) groups excluding carboxylic acids is 1. The van der Waals surface area contributed by atoms with Crippen LogP contribution in [0.25, 0.3) is 5.65 Å². The van der Waals surface area contributed by atoms with E-state index in [1.807, 2.05) is 51.5 Å². The van der Waals surface area contributed by atoms with Crippen LogP contribution in [0.2, 0.25) is 0 Å². The van der Waals surface area contributed by atoms with Gasteiger partial charge in [0.2, 0.25) is 0 Å². The van der Waals surface area contributed by atoms with Crippen LogP contribution in [-0.4, -0.2) is 38.4 Å². The molecule has 0 radical (unpaired) electrons. The number of nitrogens with zero attached hydrogens (tertiary/aromatic N) is 4. The van der Waals surface area contributed by atoms with Gasteiger partial charge in [0, 0.05) is 43.5 Å². The van der Waals surface area contributed by atoms with Crippen molar-refractivity contribution in [3.63, 3.8) is 0 Å². The number of amides is 2. The highest BCUT2D eigenvalue weighted by Gasteiger charge is 2.29. The Morgan fingerprint density at radius 3 is 3.16 bits per heavy atom. The fourth-order valence-corrected chi connectivity index (χ4v) is 4.12. The number of carbonyl (C=O) groups is 1. The number of thiazole rings is 1. The van der Waals surface area contributed by atoms with Crippen molar-refractivity contribution in [1.29, 1.82) is 0 Å². The zero-order valence-electron chi connectivity index (χ0n) is 14.0. The molecule has 130 valence electrons. The number of nitrogens with one attached hydrogen (secondary N) is 1. The highest BCUT2D eigenvalue weighted by Crippen LogP contribution is 2.31. The SMILES string of the molecule is O=C(NCCc1cn2ccccc2n1)N1CCCC[C@H]1c1nccs1. The van der Waals surface area contributed by atoms with E-state index in [4.69, 9.17) is 0 Å². The maximum absolute atomic E-state index is 12.6. The summed E-state index contributed by atoms with van der Waals surface area (Å²) >= 11 is 1.63. The average Bonchev–Trinajstić information content (AvgIpc) is 3.31. The van der Waals surface area contributed by atoms with E-state index in [2.05, 4.69) is 15.3 Å². The van der Waals surface area contributed by atoms with E-state index in [1.165, 1.54) is 0 Å². The standard InChI is InChI=1S/C18H21N5OS/c24-18(23-11-4-1-5-15(23)17-19-9-12-25-17)20-8-7-14-13-22-10-3-2-6-16(22)21-14/h2-3,6,9-10,12-13,15H,1,4-5,7-8,11H2,(H,20,24)/t15-/m0/s1. The summed E-state index contributed by atoms with van der Waals surface area (Å²) in [5, 5.41) is 6.06. The molecular formula is C18H21N5OS. The molecule has 3 aromatic heterocycles. The number of likely N-dealkylation sites (tertiary alicyclic amines) is 1. The first-order valence-corrected chi connectivity index (χ1v) is 9.56. The third kappa shape index (κ3) is 3.51. The molecule has 0 bridgehead atoms. The van der Waals surface area contributed by atoms with Gasteiger partial charge in [0.15, 0.2) is 0 Å². The molecule has 4 heterocycles. The Kier molecular flexibility index (Phi) is 4.65. The maximum atomic E-state index is 12.6. The quantitative estimate of drug-likeness (QED) is 0.781. The molecule has 1 fully saturated rings.